The highest BCUT2D eigenvalue weighted by atomic mass is 16.5. The molecule has 0 saturated heterocycles. The molecule has 2 heterocycles. The molecule has 152 valence electrons. The van der Waals surface area contributed by atoms with Crippen LogP contribution in [0.5, 0.6) is 0 Å². The molecule has 0 radical (unpaired) electrons. The highest BCUT2D eigenvalue weighted by molar-refractivity contribution is 5.98. The second-order valence-corrected chi connectivity index (χ2v) is 6.74. The zero-order valence-electron chi connectivity index (χ0n) is 17.5. The van der Waals surface area contributed by atoms with Gasteiger partial charge in [0.25, 0.3) is 0 Å². The Morgan fingerprint density at radius 3 is 2.11 bits per heavy atom. The van der Waals surface area contributed by atoms with E-state index < -0.39 is 11.9 Å². The summed E-state index contributed by atoms with van der Waals surface area (Å²) in [5.41, 5.74) is 3.21. The molecular weight excluding hydrogens is 356 g/mol. The van der Waals surface area contributed by atoms with E-state index in [0.29, 0.717) is 35.0 Å². The van der Waals surface area contributed by atoms with Crippen LogP contribution in [0.4, 0.5) is 0 Å². The summed E-state index contributed by atoms with van der Waals surface area (Å²) in [4.78, 5) is 27.8. The Hall–Kier alpha value is -2.63. The molecule has 2 rings (SSSR count). The number of carbonyl (C=O) groups is 2. The number of rotatable bonds is 9. The first-order chi connectivity index (χ1) is 13.5. The number of aromatic nitrogens is 2. The first-order valence-electron chi connectivity index (χ1n) is 10.0. The quantitative estimate of drug-likeness (QED) is 0.523. The number of hydrogen-bond donors (Lipinski definition) is 1. The number of nitrogens with zero attached hydrogens (tertiary/aromatic N) is 1. The summed E-state index contributed by atoms with van der Waals surface area (Å²) in [6.45, 7) is 10.6. The fourth-order valence-corrected chi connectivity index (χ4v) is 3.45. The van der Waals surface area contributed by atoms with E-state index in [1.54, 1.807) is 20.8 Å². The zero-order chi connectivity index (χ0) is 20.7. The molecule has 0 bridgehead atoms. The van der Waals surface area contributed by atoms with Gasteiger partial charge >= 0.3 is 11.9 Å². The molecule has 0 atom stereocenters. The number of esters is 2. The van der Waals surface area contributed by atoms with Crippen LogP contribution < -0.4 is 4.57 Å². The number of aromatic amines is 1. The molecule has 0 aliphatic carbocycles. The van der Waals surface area contributed by atoms with Crippen molar-refractivity contribution in [3.05, 3.63) is 52.6 Å². The molecule has 0 amide bonds. The number of H-pyrrole nitrogens is 1. The van der Waals surface area contributed by atoms with E-state index in [-0.39, 0.29) is 13.2 Å². The van der Waals surface area contributed by atoms with Gasteiger partial charge in [0.05, 0.1) is 24.5 Å². The average Bonchev–Trinajstić information content (AvgIpc) is 3.00. The van der Waals surface area contributed by atoms with E-state index in [1.165, 1.54) is 5.56 Å². The molecule has 2 aromatic rings. The van der Waals surface area contributed by atoms with E-state index in [9.17, 15) is 9.59 Å². The van der Waals surface area contributed by atoms with Crippen molar-refractivity contribution in [1.82, 2.24) is 4.98 Å². The van der Waals surface area contributed by atoms with Crippen molar-refractivity contribution < 1.29 is 23.6 Å². The summed E-state index contributed by atoms with van der Waals surface area (Å²) in [5.74, 6) is -0.352. The Bertz CT molecular complexity index is 805. The summed E-state index contributed by atoms with van der Waals surface area (Å²) in [7, 11) is 0. The van der Waals surface area contributed by atoms with Crippen LogP contribution in [-0.4, -0.2) is 30.1 Å². The minimum atomic E-state index is -0.467. The van der Waals surface area contributed by atoms with Crippen LogP contribution in [0.25, 0.3) is 0 Å². The second kappa shape index (κ2) is 10.1. The number of hydrogen-bond acceptors (Lipinski definition) is 4. The van der Waals surface area contributed by atoms with Crippen molar-refractivity contribution in [2.45, 2.75) is 59.9 Å². The molecular formula is C22H31N2O4+. The monoisotopic (exact) mass is 387 g/mol. The fourth-order valence-electron chi connectivity index (χ4n) is 3.45. The van der Waals surface area contributed by atoms with Crippen molar-refractivity contribution in [2.24, 2.45) is 0 Å². The van der Waals surface area contributed by atoms with Gasteiger partial charge in [0, 0.05) is 12.1 Å². The van der Waals surface area contributed by atoms with Crippen molar-refractivity contribution in [3.8, 4) is 0 Å². The smallest absolute Gasteiger partial charge is 0.355 e. The van der Waals surface area contributed by atoms with Crippen LogP contribution in [-0.2, 0) is 16.0 Å². The number of nitrogens with one attached hydrogen (secondary N) is 1. The largest absolute Gasteiger partial charge is 0.462 e. The van der Waals surface area contributed by atoms with E-state index in [4.69, 9.17) is 9.47 Å². The Balaban J connectivity index is 2.36. The lowest BCUT2D eigenvalue weighted by atomic mass is 9.95. The number of ether oxygens (including phenoxy) is 2. The van der Waals surface area contributed by atoms with Gasteiger partial charge in [0.15, 0.2) is 18.9 Å². The Morgan fingerprint density at radius 2 is 1.57 bits per heavy atom. The molecule has 1 N–H and O–H groups in total. The normalized spacial score (nSPS) is 10.9. The molecule has 0 aliphatic rings. The summed E-state index contributed by atoms with van der Waals surface area (Å²) in [6, 6.07) is 4.23. The molecule has 0 fully saturated rings. The first-order valence-corrected chi connectivity index (χ1v) is 10.0. The van der Waals surface area contributed by atoms with Crippen molar-refractivity contribution in [2.75, 3.05) is 13.2 Å². The lowest BCUT2D eigenvalue weighted by Gasteiger charge is -2.11. The highest BCUT2D eigenvalue weighted by Crippen LogP contribution is 2.23. The standard InChI is InChI=1S/C22H30N2O4/c1-6-16(7-2)17-10-12-24(13-11-17)14-18-19(21(25)27-8-3)15(5)20(23-18)22(26)28-9-4/h10-13,16H,6-9,14H2,1-5H3/p+1. The molecule has 0 unspecified atom stereocenters. The maximum absolute atomic E-state index is 12.5. The van der Waals surface area contributed by atoms with Gasteiger partial charge in [-0.3, -0.25) is 0 Å². The first kappa shape index (κ1) is 21.7. The Labute approximate surface area is 166 Å². The van der Waals surface area contributed by atoms with Gasteiger partial charge in [-0.15, -0.1) is 0 Å². The summed E-state index contributed by atoms with van der Waals surface area (Å²) < 4.78 is 12.3. The van der Waals surface area contributed by atoms with Crippen LogP contribution in [0.1, 0.15) is 84.1 Å². The van der Waals surface area contributed by atoms with Crippen molar-refractivity contribution in [1.29, 1.82) is 0 Å². The highest BCUT2D eigenvalue weighted by Gasteiger charge is 2.27. The number of carbonyl (C=O) groups excluding carboxylic acids is 2. The maximum Gasteiger partial charge on any atom is 0.355 e. The van der Waals surface area contributed by atoms with Crippen LogP contribution in [0.3, 0.4) is 0 Å². The maximum atomic E-state index is 12.5. The molecule has 0 aromatic carbocycles. The molecule has 0 spiro atoms. The van der Waals surface area contributed by atoms with E-state index in [1.807, 2.05) is 17.0 Å². The van der Waals surface area contributed by atoms with E-state index >= 15 is 0 Å². The molecule has 2 aromatic heterocycles. The predicted molar refractivity (Wildman–Crippen MR) is 107 cm³/mol. The number of pyridine rings is 1. The van der Waals surface area contributed by atoms with Gasteiger partial charge in [-0.05, 0) is 50.7 Å². The zero-order valence-corrected chi connectivity index (χ0v) is 17.5. The Kier molecular flexibility index (Phi) is 7.79. The lowest BCUT2D eigenvalue weighted by molar-refractivity contribution is -0.688. The van der Waals surface area contributed by atoms with E-state index in [0.717, 1.165) is 12.8 Å². The summed E-state index contributed by atoms with van der Waals surface area (Å²) >= 11 is 0. The topological polar surface area (TPSA) is 72.3 Å². The van der Waals surface area contributed by atoms with Gasteiger partial charge in [0.2, 0.25) is 0 Å². The van der Waals surface area contributed by atoms with Crippen LogP contribution >= 0.6 is 0 Å². The average molecular weight is 388 g/mol. The summed E-state index contributed by atoms with van der Waals surface area (Å²) in [5, 5.41) is 0. The minimum absolute atomic E-state index is 0.271. The van der Waals surface area contributed by atoms with Crippen molar-refractivity contribution in [3.63, 3.8) is 0 Å². The third-order valence-corrected chi connectivity index (χ3v) is 5.00. The van der Waals surface area contributed by atoms with Crippen molar-refractivity contribution >= 4 is 11.9 Å². The molecule has 28 heavy (non-hydrogen) atoms. The van der Waals surface area contributed by atoms with Crippen LogP contribution in [0, 0.1) is 6.92 Å². The lowest BCUT2D eigenvalue weighted by Crippen LogP contribution is -2.34. The predicted octanol–water partition coefficient (Wildman–Crippen LogP) is 3.92. The van der Waals surface area contributed by atoms with Gasteiger partial charge in [-0.2, -0.15) is 4.57 Å². The van der Waals surface area contributed by atoms with Crippen LogP contribution in [0.2, 0.25) is 0 Å². The third kappa shape index (κ3) is 4.80. The molecule has 0 saturated carbocycles. The third-order valence-electron chi connectivity index (χ3n) is 5.00. The Morgan fingerprint density at radius 1 is 1.00 bits per heavy atom. The van der Waals surface area contributed by atoms with Crippen LogP contribution in [0.15, 0.2) is 24.5 Å². The minimum Gasteiger partial charge on any atom is -0.462 e. The van der Waals surface area contributed by atoms with Gasteiger partial charge in [-0.25, -0.2) is 9.59 Å². The van der Waals surface area contributed by atoms with E-state index in [2.05, 4.69) is 31.0 Å². The molecule has 6 heteroatoms. The SMILES string of the molecule is CCOC(=O)c1[nH]c(C[n+]2ccc(C(CC)CC)cc2)c(C(=O)OCC)c1C. The molecule has 6 nitrogen and oxygen atoms in total. The van der Waals surface area contributed by atoms with Gasteiger partial charge in [-0.1, -0.05) is 13.8 Å². The van der Waals surface area contributed by atoms with Gasteiger partial charge in [0.1, 0.15) is 5.69 Å². The fraction of sp³-hybridized carbons (Fsp3) is 0.500. The van der Waals surface area contributed by atoms with Gasteiger partial charge < -0.3 is 14.5 Å². The summed E-state index contributed by atoms with van der Waals surface area (Å²) in [6.07, 6.45) is 6.21. The second-order valence-electron chi connectivity index (χ2n) is 6.74. The molecule has 0 aliphatic heterocycles.